The Hall–Kier alpha value is -1.91. The van der Waals surface area contributed by atoms with Gasteiger partial charge in [0.25, 0.3) is 0 Å². The Balaban J connectivity index is 1.95. The van der Waals surface area contributed by atoms with Gasteiger partial charge in [-0.25, -0.2) is 0 Å². The number of amides is 1. The predicted octanol–water partition coefficient (Wildman–Crippen LogP) is 5.17. The minimum Gasteiger partial charge on any atom is -0.396 e. The van der Waals surface area contributed by atoms with Crippen molar-refractivity contribution in [2.24, 2.45) is 0 Å². The molecule has 4 nitrogen and oxygen atoms in total. The molecule has 0 saturated carbocycles. The number of allylic oxidation sites excluding steroid dienone is 8. The molecule has 0 aromatic rings. The molecular weight excluding hydrogens is 362 g/mol. The van der Waals surface area contributed by atoms with Crippen molar-refractivity contribution in [3.8, 4) is 0 Å². The fourth-order valence-electron chi connectivity index (χ4n) is 2.76. The zero-order chi connectivity index (χ0) is 21.0. The Morgan fingerprint density at radius 1 is 0.862 bits per heavy atom. The summed E-state index contributed by atoms with van der Waals surface area (Å²) >= 11 is 0. The maximum absolute atomic E-state index is 11.5. The normalized spacial score (nSPS) is 19.5. The second-order valence-electron chi connectivity index (χ2n) is 7.12. The lowest BCUT2D eigenvalue weighted by molar-refractivity contribution is -0.121. The van der Waals surface area contributed by atoms with Crippen LogP contribution in [0.4, 0.5) is 0 Å². The number of hydrogen-bond donors (Lipinski definition) is 2. The van der Waals surface area contributed by atoms with Gasteiger partial charge >= 0.3 is 0 Å². The Morgan fingerprint density at radius 2 is 1.41 bits per heavy atom. The van der Waals surface area contributed by atoms with Crippen LogP contribution in [0.3, 0.4) is 0 Å². The van der Waals surface area contributed by atoms with Gasteiger partial charge in [-0.1, -0.05) is 67.7 Å². The molecule has 0 aromatic heterocycles. The van der Waals surface area contributed by atoms with E-state index < -0.39 is 0 Å². The molecule has 1 heterocycles. The van der Waals surface area contributed by atoms with Crippen molar-refractivity contribution >= 4 is 5.91 Å². The number of carbonyl (C=O) groups excluding carboxylic acids is 1. The Kier molecular flexibility index (Phi) is 15.7. The molecule has 1 fully saturated rings. The molecule has 1 aliphatic rings. The number of rotatable bonds is 17. The minimum absolute atomic E-state index is 0.0461. The third-order valence-corrected chi connectivity index (χ3v) is 4.51. The van der Waals surface area contributed by atoms with E-state index in [1.54, 1.807) is 0 Å². The van der Waals surface area contributed by atoms with E-state index in [1.807, 2.05) is 6.08 Å². The summed E-state index contributed by atoms with van der Waals surface area (Å²) in [6.45, 7) is 2.82. The van der Waals surface area contributed by atoms with Crippen LogP contribution in [0.5, 0.6) is 0 Å². The van der Waals surface area contributed by atoms with E-state index in [9.17, 15) is 4.79 Å². The van der Waals surface area contributed by atoms with Crippen LogP contribution in [0.25, 0.3) is 0 Å². The van der Waals surface area contributed by atoms with Crippen LogP contribution < -0.4 is 5.32 Å². The smallest absolute Gasteiger partial charge is 0.220 e. The molecule has 0 radical (unpaired) electrons. The average Bonchev–Trinajstić information content (AvgIpc) is 3.47. The lowest BCUT2D eigenvalue weighted by atomic mass is 10.1. The van der Waals surface area contributed by atoms with Crippen LogP contribution in [-0.2, 0) is 9.53 Å². The van der Waals surface area contributed by atoms with Crippen LogP contribution in [0.1, 0.15) is 64.7 Å². The van der Waals surface area contributed by atoms with Crippen LogP contribution in [0.2, 0.25) is 0 Å². The van der Waals surface area contributed by atoms with Crippen LogP contribution in [0, 0.1) is 0 Å². The van der Waals surface area contributed by atoms with Gasteiger partial charge in [-0.2, -0.15) is 0 Å². The van der Waals surface area contributed by atoms with Crippen molar-refractivity contribution in [1.29, 1.82) is 0 Å². The fraction of sp³-hybridized carbons (Fsp3) is 0.560. The highest BCUT2D eigenvalue weighted by atomic mass is 16.6. The topological polar surface area (TPSA) is 61.9 Å². The van der Waals surface area contributed by atoms with Crippen LogP contribution >= 0.6 is 0 Å². The third-order valence-electron chi connectivity index (χ3n) is 4.51. The van der Waals surface area contributed by atoms with Gasteiger partial charge in [0.1, 0.15) is 0 Å². The molecule has 2 atom stereocenters. The van der Waals surface area contributed by atoms with E-state index in [4.69, 9.17) is 9.84 Å². The molecule has 2 unspecified atom stereocenters. The van der Waals surface area contributed by atoms with Gasteiger partial charge in [-0.15, -0.1) is 0 Å². The van der Waals surface area contributed by atoms with E-state index in [1.165, 1.54) is 0 Å². The Bertz CT molecular complexity index is 560. The second-order valence-corrected chi connectivity index (χ2v) is 7.12. The zero-order valence-corrected chi connectivity index (χ0v) is 18.0. The van der Waals surface area contributed by atoms with Crippen molar-refractivity contribution in [3.63, 3.8) is 0 Å². The highest BCUT2D eigenvalue weighted by Crippen LogP contribution is 2.29. The largest absolute Gasteiger partial charge is 0.396 e. The molecule has 0 aromatic carbocycles. The number of ether oxygens (including phenoxy) is 1. The van der Waals surface area contributed by atoms with Crippen LogP contribution in [-0.4, -0.2) is 36.4 Å². The summed E-state index contributed by atoms with van der Waals surface area (Å²) in [5.74, 6) is 0.0461. The van der Waals surface area contributed by atoms with Gasteiger partial charge in [0.15, 0.2) is 0 Å². The van der Waals surface area contributed by atoms with Gasteiger partial charge < -0.3 is 15.2 Å². The van der Waals surface area contributed by atoms with E-state index in [2.05, 4.69) is 66.9 Å². The van der Waals surface area contributed by atoms with Crippen molar-refractivity contribution in [3.05, 3.63) is 60.8 Å². The van der Waals surface area contributed by atoms with Gasteiger partial charge in [0.05, 0.1) is 12.2 Å². The van der Waals surface area contributed by atoms with Gasteiger partial charge in [0.2, 0.25) is 5.91 Å². The summed E-state index contributed by atoms with van der Waals surface area (Å²) in [6, 6.07) is 0. The standard InChI is InChI=1S/C25H39NO3/c1-2-3-4-5-6-7-8-11-14-18-23-24(29-23)19-15-12-9-10-13-16-20-25(28)26-21-17-22-27/h3-4,6-7,10-15,23-24,27H,2,5,8-9,16-22H2,1H3,(H,26,28)/b4-3-,7-6-,13-10-,14-11-,15-12-. The number of hydrogen-bond acceptors (Lipinski definition) is 3. The lowest BCUT2D eigenvalue weighted by Gasteiger charge is -2.01. The summed E-state index contributed by atoms with van der Waals surface area (Å²) in [7, 11) is 0. The Morgan fingerprint density at radius 3 is 2.00 bits per heavy atom. The molecule has 0 spiro atoms. The van der Waals surface area contributed by atoms with Crippen molar-refractivity contribution in [2.75, 3.05) is 13.2 Å². The predicted molar refractivity (Wildman–Crippen MR) is 122 cm³/mol. The number of aliphatic hydroxyl groups excluding tert-OH is 1. The minimum atomic E-state index is 0.0461. The van der Waals surface area contributed by atoms with Gasteiger partial charge in [0, 0.05) is 19.6 Å². The number of carbonyl (C=O) groups is 1. The van der Waals surface area contributed by atoms with Gasteiger partial charge in [-0.05, 0) is 51.4 Å². The van der Waals surface area contributed by atoms with Gasteiger partial charge in [-0.3, -0.25) is 4.79 Å². The van der Waals surface area contributed by atoms with E-state index >= 15 is 0 Å². The highest BCUT2D eigenvalue weighted by molar-refractivity contribution is 5.75. The average molecular weight is 402 g/mol. The quantitative estimate of drug-likeness (QED) is 0.201. The number of epoxide rings is 1. The maximum Gasteiger partial charge on any atom is 0.220 e. The maximum atomic E-state index is 11.5. The number of aliphatic hydroxyl groups is 1. The SMILES string of the molecule is CC/C=C\C/C=C\C/C=C\CC1OC1C/C=C\C/C=C\CCC(=O)NCCCO. The molecule has 1 rings (SSSR count). The molecule has 1 aliphatic heterocycles. The monoisotopic (exact) mass is 401 g/mol. The first kappa shape index (κ1) is 25.1. The molecule has 2 N–H and O–H groups in total. The highest BCUT2D eigenvalue weighted by Gasteiger charge is 2.35. The summed E-state index contributed by atoms with van der Waals surface area (Å²) in [5.41, 5.74) is 0. The van der Waals surface area contributed by atoms with E-state index in [0.29, 0.717) is 31.6 Å². The molecule has 0 bridgehead atoms. The molecule has 1 saturated heterocycles. The first-order valence-electron chi connectivity index (χ1n) is 11.1. The summed E-state index contributed by atoms with van der Waals surface area (Å²) in [5, 5.41) is 11.4. The van der Waals surface area contributed by atoms with Crippen LogP contribution in [0.15, 0.2) is 60.8 Å². The zero-order valence-electron chi connectivity index (χ0n) is 18.0. The lowest BCUT2D eigenvalue weighted by Crippen LogP contribution is -2.24. The Labute approximate surface area is 177 Å². The van der Waals surface area contributed by atoms with Crippen molar-refractivity contribution in [2.45, 2.75) is 76.9 Å². The first-order chi connectivity index (χ1) is 14.3. The summed E-state index contributed by atoms with van der Waals surface area (Å²) in [6.07, 6.45) is 30.4. The molecule has 0 aliphatic carbocycles. The van der Waals surface area contributed by atoms with E-state index in [0.717, 1.165) is 44.9 Å². The molecule has 29 heavy (non-hydrogen) atoms. The van der Waals surface area contributed by atoms with Crippen molar-refractivity contribution < 1.29 is 14.6 Å². The number of nitrogens with one attached hydrogen (secondary N) is 1. The summed E-state index contributed by atoms with van der Waals surface area (Å²) in [4.78, 5) is 11.5. The molecule has 162 valence electrons. The molecular formula is C25H39NO3. The third kappa shape index (κ3) is 15.7. The van der Waals surface area contributed by atoms with Crippen molar-refractivity contribution in [1.82, 2.24) is 5.32 Å². The second kappa shape index (κ2) is 18.1. The molecule has 1 amide bonds. The fourth-order valence-corrected chi connectivity index (χ4v) is 2.76. The summed E-state index contributed by atoms with van der Waals surface area (Å²) < 4.78 is 5.69. The molecule has 4 heteroatoms. The first-order valence-corrected chi connectivity index (χ1v) is 11.1. The van der Waals surface area contributed by atoms with E-state index in [-0.39, 0.29) is 12.5 Å².